The molecule has 17 heavy (non-hydrogen) atoms. The SMILES string of the molecule is CN(Cc1ccc(F)cc1F)c1ccccn1. The Morgan fingerprint density at radius 2 is 2.00 bits per heavy atom. The molecule has 0 bridgehead atoms. The fraction of sp³-hybridized carbons (Fsp3) is 0.154. The van der Waals surface area contributed by atoms with Gasteiger partial charge in [0.25, 0.3) is 0 Å². The van der Waals surface area contributed by atoms with Gasteiger partial charge >= 0.3 is 0 Å². The largest absolute Gasteiger partial charge is 0.355 e. The number of hydrogen-bond donors (Lipinski definition) is 0. The summed E-state index contributed by atoms with van der Waals surface area (Å²) in [5.74, 6) is -0.351. The lowest BCUT2D eigenvalue weighted by Gasteiger charge is -2.18. The van der Waals surface area contributed by atoms with Gasteiger partial charge in [-0.05, 0) is 18.2 Å². The maximum atomic E-state index is 13.4. The number of aromatic nitrogens is 1. The molecule has 1 aromatic heterocycles. The van der Waals surface area contributed by atoms with Gasteiger partial charge in [0.1, 0.15) is 17.5 Å². The Bertz CT molecular complexity index is 500. The number of rotatable bonds is 3. The van der Waals surface area contributed by atoms with Crippen LogP contribution < -0.4 is 4.90 Å². The highest BCUT2D eigenvalue weighted by Crippen LogP contribution is 2.15. The lowest BCUT2D eigenvalue weighted by atomic mass is 10.2. The molecule has 0 spiro atoms. The van der Waals surface area contributed by atoms with E-state index in [2.05, 4.69) is 4.98 Å². The van der Waals surface area contributed by atoms with E-state index in [-0.39, 0.29) is 0 Å². The Labute approximate surface area is 98.5 Å². The summed E-state index contributed by atoms with van der Waals surface area (Å²) in [6.07, 6.45) is 1.67. The minimum atomic E-state index is -0.563. The number of nitrogens with zero attached hydrogens (tertiary/aromatic N) is 2. The van der Waals surface area contributed by atoms with Crippen LogP contribution >= 0.6 is 0 Å². The lowest BCUT2D eigenvalue weighted by Crippen LogP contribution is -2.18. The molecule has 0 aliphatic heterocycles. The molecule has 0 aliphatic rings. The van der Waals surface area contributed by atoms with Gasteiger partial charge in [-0.2, -0.15) is 0 Å². The van der Waals surface area contributed by atoms with E-state index < -0.39 is 11.6 Å². The Morgan fingerprint density at radius 1 is 1.18 bits per heavy atom. The van der Waals surface area contributed by atoms with Gasteiger partial charge in [-0.3, -0.25) is 0 Å². The molecule has 0 amide bonds. The van der Waals surface area contributed by atoms with E-state index in [1.165, 1.54) is 12.1 Å². The standard InChI is InChI=1S/C13H12F2N2/c1-17(13-4-2-3-7-16-13)9-10-5-6-11(14)8-12(10)15/h2-8H,9H2,1H3. The summed E-state index contributed by atoms with van der Waals surface area (Å²) in [6, 6.07) is 9.10. The summed E-state index contributed by atoms with van der Waals surface area (Å²) < 4.78 is 26.2. The fourth-order valence-electron chi connectivity index (χ4n) is 1.57. The Kier molecular flexibility index (Phi) is 3.32. The molecular weight excluding hydrogens is 222 g/mol. The average Bonchev–Trinajstić information content (AvgIpc) is 2.34. The third kappa shape index (κ3) is 2.78. The molecule has 0 fully saturated rings. The molecule has 1 heterocycles. The summed E-state index contributed by atoms with van der Waals surface area (Å²) in [5.41, 5.74) is 0.444. The van der Waals surface area contributed by atoms with Gasteiger partial charge in [-0.25, -0.2) is 13.8 Å². The molecule has 1 aromatic carbocycles. The van der Waals surface area contributed by atoms with Crippen molar-refractivity contribution in [2.75, 3.05) is 11.9 Å². The van der Waals surface area contributed by atoms with Crippen LogP contribution in [-0.2, 0) is 6.54 Å². The van der Waals surface area contributed by atoms with Crippen molar-refractivity contribution < 1.29 is 8.78 Å². The predicted molar refractivity (Wildman–Crippen MR) is 62.7 cm³/mol. The molecule has 0 saturated heterocycles. The zero-order chi connectivity index (χ0) is 12.3. The minimum Gasteiger partial charge on any atom is -0.355 e. The monoisotopic (exact) mass is 234 g/mol. The predicted octanol–water partition coefficient (Wildman–Crippen LogP) is 3.00. The van der Waals surface area contributed by atoms with E-state index in [0.717, 1.165) is 11.9 Å². The second kappa shape index (κ2) is 4.91. The van der Waals surface area contributed by atoms with Crippen molar-refractivity contribution in [1.82, 2.24) is 4.98 Å². The maximum absolute atomic E-state index is 13.4. The topological polar surface area (TPSA) is 16.1 Å². The molecule has 2 rings (SSSR count). The van der Waals surface area contributed by atoms with E-state index >= 15 is 0 Å². The van der Waals surface area contributed by atoms with Gasteiger partial charge in [-0.1, -0.05) is 12.1 Å². The van der Waals surface area contributed by atoms with Crippen LogP contribution in [0.25, 0.3) is 0 Å². The van der Waals surface area contributed by atoms with Crippen LogP contribution in [0.2, 0.25) is 0 Å². The average molecular weight is 234 g/mol. The summed E-state index contributed by atoms with van der Waals surface area (Å²) in [4.78, 5) is 5.95. The third-order valence-electron chi connectivity index (χ3n) is 2.46. The van der Waals surface area contributed by atoms with Gasteiger partial charge in [0, 0.05) is 31.4 Å². The molecule has 0 unspecified atom stereocenters. The van der Waals surface area contributed by atoms with Gasteiger partial charge < -0.3 is 4.90 Å². The van der Waals surface area contributed by atoms with Crippen molar-refractivity contribution in [3.8, 4) is 0 Å². The number of pyridine rings is 1. The smallest absolute Gasteiger partial charge is 0.131 e. The van der Waals surface area contributed by atoms with Gasteiger partial charge in [0.15, 0.2) is 0 Å². The van der Waals surface area contributed by atoms with Crippen LogP contribution in [-0.4, -0.2) is 12.0 Å². The summed E-state index contributed by atoms with van der Waals surface area (Å²) in [5, 5.41) is 0. The highest BCUT2D eigenvalue weighted by atomic mass is 19.1. The third-order valence-corrected chi connectivity index (χ3v) is 2.46. The summed E-state index contributed by atoms with van der Waals surface area (Å²) in [6.45, 7) is 0.350. The van der Waals surface area contributed by atoms with Crippen LogP contribution in [0.1, 0.15) is 5.56 Å². The van der Waals surface area contributed by atoms with Crippen molar-refractivity contribution in [3.05, 3.63) is 59.8 Å². The maximum Gasteiger partial charge on any atom is 0.131 e. The highest BCUT2D eigenvalue weighted by Gasteiger charge is 2.07. The zero-order valence-corrected chi connectivity index (χ0v) is 9.40. The fourth-order valence-corrected chi connectivity index (χ4v) is 1.57. The Hall–Kier alpha value is -1.97. The first-order valence-corrected chi connectivity index (χ1v) is 5.23. The molecule has 2 nitrogen and oxygen atoms in total. The molecule has 0 radical (unpaired) electrons. The summed E-state index contributed by atoms with van der Waals surface area (Å²) in [7, 11) is 1.81. The van der Waals surface area contributed by atoms with Crippen LogP contribution in [0.3, 0.4) is 0 Å². The van der Waals surface area contributed by atoms with Gasteiger partial charge in [0.2, 0.25) is 0 Å². The van der Waals surface area contributed by atoms with E-state index in [1.807, 2.05) is 25.2 Å². The molecule has 4 heteroatoms. The molecule has 0 aliphatic carbocycles. The first kappa shape index (κ1) is 11.5. The number of halogens is 2. The summed E-state index contributed by atoms with van der Waals surface area (Å²) >= 11 is 0. The second-order valence-corrected chi connectivity index (χ2v) is 3.78. The van der Waals surface area contributed by atoms with Crippen molar-refractivity contribution in [3.63, 3.8) is 0 Å². The second-order valence-electron chi connectivity index (χ2n) is 3.78. The normalized spacial score (nSPS) is 10.3. The number of benzene rings is 1. The molecule has 88 valence electrons. The van der Waals surface area contributed by atoms with Gasteiger partial charge in [0.05, 0.1) is 0 Å². The molecule has 0 N–H and O–H groups in total. The quantitative estimate of drug-likeness (QED) is 0.811. The van der Waals surface area contributed by atoms with E-state index in [4.69, 9.17) is 0 Å². The van der Waals surface area contributed by atoms with Gasteiger partial charge in [-0.15, -0.1) is 0 Å². The molecule has 0 atom stereocenters. The number of hydrogen-bond acceptors (Lipinski definition) is 2. The molecule has 0 saturated carbocycles. The van der Waals surface area contributed by atoms with E-state index in [0.29, 0.717) is 12.1 Å². The van der Waals surface area contributed by atoms with Crippen LogP contribution in [0.4, 0.5) is 14.6 Å². The van der Waals surface area contributed by atoms with Crippen LogP contribution in [0.5, 0.6) is 0 Å². The lowest BCUT2D eigenvalue weighted by molar-refractivity contribution is 0.571. The van der Waals surface area contributed by atoms with Crippen molar-refractivity contribution in [1.29, 1.82) is 0 Å². The van der Waals surface area contributed by atoms with Crippen molar-refractivity contribution in [2.45, 2.75) is 6.54 Å². The number of anilines is 1. The molecule has 2 aromatic rings. The highest BCUT2D eigenvalue weighted by molar-refractivity contribution is 5.38. The van der Waals surface area contributed by atoms with Crippen LogP contribution in [0, 0.1) is 11.6 Å². The van der Waals surface area contributed by atoms with E-state index in [1.54, 1.807) is 11.1 Å². The van der Waals surface area contributed by atoms with E-state index in [9.17, 15) is 8.78 Å². The zero-order valence-electron chi connectivity index (χ0n) is 9.40. The van der Waals surface area contributed by atoms with Crippen LogP contribution in [0.15, 0.2) is 42.6 Å². The van der Waals surface area contributed by atoms with Crippen molar-refractivity contribution in [2.24, 2.45) is 0 Å². The van der Waals surface area contributed by atoms with Crippen molar-refractivity contribution >= 4 is 5.82 Å². The minimum absolute atomic E-state index is 0.350. The molecular formula is C13H12F2N2. The Morgan fingerprint density at radius 3 is 2.65 bits per heavy atom. The first-order chi connectivity index (χ1) is 8.16. The first-order valence-electron chi connectivity index (χ1n) is 5.23. The Balaban J connectivity index is 2.16.